The molecule has 0 spiro atoms. The fourth-order valence-electron chi connectivity index (χ4n) is 7.59. The molecule has 50 heavy (non-hydrogen) atoms. The summed E-state index contributed by atoms with van der Waals surface area (Å²) in [5, 5.41) is 0. The Labute approximate surface area is 325 Å². The zero-order chi connectivity index (χ0) is 36.5. The molecule has 0 saturated heterocycles. The van der Waals surface area contributed by atoms with Crippen LogP contribution in [0.4, 0.5) is 0 Å². The Balaban J connectivity index is 4.72. The van der Waals surface area contributed by atoms with Gasteiger partial charge in [0, 0.05) is 5.92 Å². The van der Waals surface area contributed by atoms with Gasteiger partial charge in [0.1, 0.15) is 0 Å². The largest absolute Gasteiger partial charge is 0.380 e. The van der Waals surface area contributed by atoms with E-state index in [9.17, 15) is 0 Å². The Bertz CT molecular complexity index is 623. The van der Waals surface area contributed by atoms with Crippen molar-refractivity contribution in [1.82, 2.24) is 0 Å². The van der Waals surface area contributed by atoms with E-state index in [2.05, 4.69) is 33.4 Å². The summed E-state index contributed by atoms with van der Waals surface area (Å²) in [6.07, 6.45) is 49.8. The molecule has 0 radical (unpaired) electrons. The Morgan fingerprint density at radius 1 is 0.380 bits per heavy atom. The molecule has 0 N–H and O–H groups in total. The van der Waals surface area contributed by atoms with Crippen LogP contribution in [0.3, 0.4) is 0 Å². The van der Waals surface area contributed by atoms with Crippen molar-refractivity contribution in [3.8, 4) is 0 Å². The molecule has 0 bridgehead atoms. The van der Waals surface area contributed by atoms with Gasteiger partial charge in [0.05, 0.1) is 13.2 Å². The van der Waals surface area contributed by atoms with Gasteiger partial charge in [-0.3, -0.25) is 0 Å². The molecule has 2 atom stereocenters. The van der Waals surface area contributed by atoms with E-state index in [4.69, 9.17) is 13.9 Å². The summed E-state index contributed by atoms with van der Waals surface area (Å²) in [6.45, 7) is 8.42. The third kappa shape index (κ3) is 33.0. The van der Waals surface area contributed by atoms with Crippen molar-refractivity contribution in [2.24, 2.45) is 5.92 Å². The van der Waals surface area contributed by atoms with Crippen LogP contribution in [0.1, 0.15) is 258 Å². The summed E-state index contributed by atoms with van der Waals surface area (Å²) < 4.78 is 19.9. The third-order valence-corrected chi connectivity index (χ3v) is 11.9. The van der Waals surface area contributed by atoms with E-state index in [-0.39, 0.29) is 0 Å². The van der Waals surface area contributed by atoms with Crippen LogP contribution < -0.4 is 0 Å². The number of unbranched alkanes of at least 4 members (excludes halogenated alkanes) is 31. The van der Waals surface area contributed by atoms with Crippen molar-refractivity contribution in [3.63, 3.8) is 0 Å². The molecule has 0 heterocycles. The number of ether oxygens (including phenoxy) is 2. The molecule has 0 rings (SSSR count). The lowest BCUT2D eigenvalue weighted by molar-refractivity contribution is -0.372. The van der Waals surface area contributed by atoms with Crippen LogP contribution in [0.25, 0.3) is 0 Å². The molecule has 302 valence electrons. The molecular weight excluding hydrogens is 649 g/mol. The maximum absolute atomic E-state index is 6.74. The van der Waals surface area contributed by atoms with E-state index >= 15 is 0 Å². The first-order chi connectivity index (χ1) is 24.7. The number of rotatable bonds is 44. The molecule has 0 fully saturated rings. The molecule has 5 heteroatoms. The van der Waals surface area contributed by atoms with Gasteiger partial charge in [0.25, 0.3) is 5.97 Å². The van der Waals surface area contributed by atoms with Crippen molar-refractivity contribution >= 4 is 23.1 Å². The number of thiol groups is 1. The van der Waals surface area contributed by atoms with Crippen LogP contribution in [0, 0.1) is 5.92 Å². The Hall–Kier alpha value is 0.447. The second-order valence-corrected chi connectivity index (χ2v) is 16.7. The molecule has 3 nitrogen and oxygen atoms in total. The summed E-state index contributed by atoms with van der Waals surface area (Å²) in [6, 6.07) is 0. The van der Waals surface area contributed by atoms with E-state index in [0.717, 1.165) is 51.1 Å². The lowest BCUT2D eigenvalue weighted by Crippen LogP contribution is -2.46. The first-order valence-electron chi connectivity index (χ1n) is 23.1. The highest BCUT2D eigenvalue weighted by molar-refractivity contribution is 7.80. The van der Waals surface area contributed by atoms with Crippen molar-refractivity contribution in [2.75, 3.05) is 19.0 Å². The third-order valence-electron chi connectivity index (χ3n) is 11.0. The zero-order valence-electron chi connectivity index (χ0n) is 35.0. The normalized spacial score (nSPS) is 13.7. The average molecular weight is 743 g/mol. The number of hydrogen-bond acceptors (Lipinski definition) is 4. The van der Waals surface area contributed by atoms with E-state index in [1.807, 2.05) is 0 Å². The van der Waals surface area contributed by atoms with Crippen molar-refractivity contribution in [1.29, 1.82) is 0 Å². The lowest BCUT2D eigenvalue weighted by atomic mass is 9.93. The van der Waals surface area contributed by atoms with Crippen LogP contribution in [0.15, 0.2) is 0 Å². The van der Waals surface area contributed by atoms with Gasteiger partial charge in [-0.25, -0.2) is 0 Å². The molecule has 0 aliphatic rings. The summed E-state index contributed by atoms with van der Waals surface area (Å²) in [7, 11) is 0.637. The van der Waals surface area contributed by atoms with E-state index < -0.39 is 5.97 Å². The van der Waals surface area contributed by atoms with Gasteiger partial charge in [-0.1, -0.05) is 226 Å². The average Bonchev–Trinajstić information content (AvgIpc) is 3.13. The topological polar surface area (TPSA) is 27.7 Å². The van der Waals surface area contributed by atoms with Crippen LogP contribution in [0.2, 0.25) is 0 Å². The summed E-state index contributed by atoms with van der Waals surface area (Å²) in [4.78, 5) is 0. The van der Waals surface area contributed by atoms with Crippen molar-refractivity contribution in [3.05, 3.63) is 0 Å². The van der Waals surface area contributed by atoms with Gasteiger partial charge in [-0.2, -0.15) is 12.6 Å². The Kier molecular flexibility index (Phi) is 42.6. The first kappa shape index (κ1) is 50.4. The summed E-state index contributed by atoms with van der Waals surface area (Å²) in [5.41, 5.74) is 0. The minimum Gasteiger partial charge on any atom is -0.380 e. The van der Waals surface area contributed by atoms with Gasteiger partial charge >= 0.3 is 0 Å². The fraction of sp³-hybridized carbons (Fsp3) is 1.00. The smallest absolute Gasteiger partial charge is 0.275 e. The highest BCUT2D eigenvalue weighted by atomic mass is 32.1. The van der Waals surface area contributed by atoms with Gasteiger partial charge < -0.3 is 13.9 Å². The molecule has 0 aromatic heterocycles. The standard InChI is InChI=1S/C45H94O3SSi/c1-4-7-10-13-16-19-22-24-26-29-32-35-39-44(40-38-43-49)45(48-50,46-41-36-33-30-27-21-18-15-12-9-6-3)47-42-37-34-31-28-25-23-20-17-14-11-8-5-2/h44,49H,4-43H2,1-3,50H3. The minimum atomic E-state index is -0.843. The van der Waals surface area contributed by atoms with E-state index in [0.29, 0.717) is 16.4 Å². The van der Waals surface area contributed by atoms with E-state index in [1.54, 1.807) is 0 Å². The van der Waals surface area contributed by atoms with Crippen LogP contribution in [-0.4, -0.2) is 35.4 Å². The number of hydrogen-bond donors (Lipinski definition) is 1. The maximum atomic E-state index is 6.74. The van der Waals surface area contributed by atoms with Gasteiger partial charge in [0.2, 0.25) is 0 Å². The summed E-state index contributed by atoms with van der Waals surface area (Å²) >= 11 is 4.60. The lowest BCUT2D eigenvalue weighted by Gasteiger charge is -2.39. The fourth-order valence-corrected chi connectivity index (χ4v) is 8.34. The quantitative estimate of drug-likeness (QED) is 0.0291. The molecule has 0 aliphatic heterocycles. The highest BCUT2D eigenvalue weighted by Gasteiger charge is 2.40. The van der Waals surface area contributed by atoms with Crippen molar-refractivity contribution in [2.45, 2.75) is 264 Å². The highest BCUT2D eigenvalue weighted by Crippen LogP contribution is 2.34. The second-order valence-electron chi connectivity index (χ2n) is 15.8. The Morgan fingerprint density at radius 3 is 0.920 bits per heavy atom. The van der Waals surface area contributed by atoms with Crippen LogP contribution >= 0.6 is 12.6 Å². The maximum Gasteiger partial charge on any atom is 0.275 e. The monoisotopic (exact) mass is 743 g/mol. The van der Waals surface area contributed by atoms with Crippen LogP contribution in [-0.2, 0) is 13.9 Å². The predicted octanol–water partition coefficient (Wildman–Crippen LogP) is 15.0. The molecule has 0 amide bonds. The molecule has 0 aromatic carbocycles. The molecule has 0 aromatic rings. The van der Waals surface area contributed by atoms with Crippen molar-refractivity contribution < 1.29 is 13.9 Å². The second kappa shape index (κ2) is 42.2. The molecule has 0 aliphatic carbocycles. The molecule has 0 saturated carbocycles. The van der Waals surface area contributed by atoms with Gasteiger partial charge in [-0.05, 0) is 37.9 Å². The Morgan fingerprint density at radius 2 is 0.640 bits per heavy atom. The minimum absolute atomic E-state index is 0.302. The summed E-state index contributed by atoms with van der Waals surface area (Å²) in [5.74, 6) is 0.378. The SMILES string of the molecule is CCCCCCCCCCCCCCOC(O[SiH3])(OCCCCCCCCCCCC)C(CCCS)CCCCCCCCCCCCCC. The molecular formula is C45H94O3SSi. The first-order valence-corrected chi connectivity index (χ1v) is 24.6. The zero-order valence-corrected chi connectivity index (χ0v) is 37.9. The van der Waals surface area contributed by atoms with Gasteiger partial charge in [0.15, 0.2) is 10.5 Å². The predicted molar refractivity (Wildman–Crippen MR) is 231 cm³/mol. The van der Waals surface area contributed by atoms with Gasteiger partial charge in [-0.15, -0.1) is 0 Å². The molecule has 2 unspecified atom stereocenters. The van der Waals surface area contributed by atoms with Crippen LogP contribution in [0.5, 0.6) is 0 Å². The van der Waals surface area contributed by atoms with E-state index in [1.165, 1.54) is 205 Å².